The summed E-state index contributed by atoms with van der Waals surface area (Å²) in [7, 11) is 2.37. The Labute approximate surface area is 113 Å². The van der Waals surface area contributed by atoms with E-state index in [4.69, 9.17) is 0 Å². The molecular formula is C15H31N3. The molecule has 1 N–H and O–H groups in total. The lowest BCUT2D eigenvalue weighted by Crippen LogP contribution is -2.57. The van der Waals surface area contributed by atoms with Crippen molar-refractivity contribution in [2.45, 2.75) is 52.1 Å². The lowest BCUT2D eigenvalue weighted by atomic mass is 9.78. The van der Waals surface area contributed by atoms with Crippen LogP contribution in [-0.4, -0.2) is 61.7 Å². The molecule has 0 aliphatic carbocycles. The minimum absolute atomic E-state index is 0.412. The van der Waals surface area contributed by atoms with Gasteiger partial charge in [-0.1, -0.05) is 20.8 Å². The van der Waals surface area contributed by atoms with Crippen molar-refractivity contribution >= 4 is 0 Å². The molecule has 0 aromatic carbocycles. The molecule has 2 saturated heterocycles. The molecule has 18 heavy (non-hydrogen) atoms. The molecule has 0 bridgehead atoms. The second-order valence-corrected chi connectivity index (χ2v) is 6.80. The Bertz CT molecular complexity index is 256. The first-order valence-electron chi connectivity index (χ1n) is 7.69. The van der Waals surface area contributed by atoms with Crippen LogP contribution in [0.1, 0.15) is 40.0 Å². The van der Waals surface area contributed by atoms with E-state index in [0.717, 1.165) is 18.6 Å². The van der Waals surface area contributed by atoms with Crippen molar-refractivity contribution < 1.29 is 0 Å². The zero-order valence-electron chi connectivity index (χ0n) is 12.7. The second-order valence-electron chi connectivity index (χ2n) is 6.80. The highest BCUT2D eigenvalue weighted by molar-refractivity contribution is 4.94. The second kappa shape index (κ2) is 5.89. The van der Waals surface area contributed by atoms with Gasteiger partial charge < -0.3 is 10.2 Å². The monoisotopic (exact) mass is 253 g/mol. The number of hydrogen-bond acceptors (Lipinski definition) is 3. The van der Waals surface area contributed by atoms with Gasteiger partial charge in [-0.25, -0.2) is 0 Å². The number of likely N-dealkylation sites (tertiary alicyclic amines) is 1. The molecule has 2 heterocycles. The summed E-state index contributed by atoms with van der Waals surface area (Å²) < 4.78 is 0. The van der Waals surface area contributed by atoms with Crippen LogP contribution in [0.3, 0.4) is 0 Å². The Morgan fingerprint density at radius 2 is 1.89 bits per heavy atom. The molecule has 0 radical (unpaired) electrons. The topological polar surface area (TPSA) is 18.5 Å². The van der Waals surface area contributed by atoms with E-state index >= 15 is 0 Å². The van der Waals surface area contributed by atoms with Crippen LogP contribution in [0.25, 0.3) is 0 Å². The van der Waals surface area contributed by atoms with Crippen LogP contribution in [0, 0.1) is 5.41 Å². The fourth-order valence-electron chi connectivity index (χ4n) is 3.81. The van der Waals surface area contributed by atoms with Gasteiger partial charge in [-0.15, -0.1) is 0 Å². The van der Waals surface area contributed by atoms with Gasteiger partial charge in [-0.3, -0.25) is 4.90 Å². The Morgan fingerprint density at radius 3 is 2.44 bits per heavy atom. The highest BCUT2D eigenvalue weighted by Crippen LogP contribution is 2.31. The number of nitrogens with one attached hydrogen (secondary N) is 1. The van der Waals surface area contributed by atoms with Crippen molar-refractivity contribution in [1.29, 1.82) is 0 Å². The van der Waals surface area contributed by atoms with Crippen molar-refractivity contribution in [1.82, 2.24) is 15.1 Å². The molecule has 106 valence electrons. The molecule has 0 saturated carbocycles. The Balaban J connectivity index is 1.92. The normalized spacial score (nSPS) is 30.8. The number of nitrogens with zero attached hydrogens (tertiary/aromatic N) is 2. The Hall–Kier alpha value is -0.120. The summed E-state index contributed by atoms with van der Waals surface area (Å²) in [6.07, 6.45) is 4.01. The van der Waals surface area contributed by atoms with E-state index in [1.54, 1.807) is 0 Å². The fourth-order valence-corrected chi connectivity index (χ4v) is 3.81. The zero-order valence-corrected chi connectivity index (χ0v) is 12.7. The number of piperidine rings is 2. The van der Waals surface area contributed by atoms with Gasteiger partial charge in [0.2, 0.25) is 0 Å². The van der Waals surface area contributed by atoms with Crippen LogP contribution in [-0.2, 0) is 0 Å². The van der Waals surface area contributed by atoms with Gasteiger partial charge in [-0.05, 0) is 57.9 Å². The predicted molar refractivity (Wildman–Crippen MR) is 78.0 cm³/mol. The maximum atomic E-state index is 3.54. The molecule has 0 aromatic rings. The van der Waals surface area contributed by atoms with E-state index in [2.05, 4.69) is 42.9 Å². The molecule has 1 atom stereocenters. The summed E-state index contributed by atoms with van der Waals surface area (Å²) in [5.41, 5.74) is 0.412. The summed E-state index contributed by atoms with van der Waals surface area (Å²) in [5.74, 6) is 0. The molecule has 0 amide bonds. The van der Waals surface area contributed by atoms with E-state index in [1.165, 1.54) is 45.4 Å². The summed E-state index contributed by atoms with van der Waals surface area (Å²) >= 11 is 0. The fraction of sp³-hybridized carbons (Fsp3) is 1.00. The minimum Gasteiger partial charge on any atom is -0.316 e. The van der Waals surface area contributed by atoms with Gasteiger partial charge in [0.25, 0.3) is 0 Å². The number of hydrogen-bond donors (Lipinski definition) is 1. The van der Waals surface area contributed by atoms with Gasteiger partial charge in [0, 0.05) is 18.6 Å². The molecule has 0 aromatic heterocycles. The third-order valence-corrected chi connectivity index (χ3v) is 5.15. The van der Waals surface area contributed by atoms with Crippen LogP contribution in [0.5, 0.6) is 0 Å². The van der Waals surface area contributed by atoms with Crippen molar-refractivity contribution in [2.24, 2.45) is 5.41 Å². The van der Waals surface area contributed by atoms with Crippen LogP contribution < -0.4 is 5.32 Å². The molecular weight excluding hydrogens is 222 g/mol. The molecule has 2 rings (SSSR count). The molecule has 1 unspecified atom stereocenters. The highest BCUT2D eigenvalue weighted by atomic mass is 15.2. The first kappa shape index (κ1) is 14.3. The van der Waals surface area contributed by atoms with Crippen molar-refractivity contribution in [2.75, 3.05) is 39.8 Å². The standard InChI is InChI=1S/C15H31N3/c1-5-18-10-7-13(8-11-18)17(4)14-6-9-16-12-15(14,2)3/h13-14,16H,5-12H2,1-4H3. The van der Waals surface area contributed by atoms with E-state index in [9.17, 15) is 0 Å². The van der Waals surface area contributed by atoms with Crippen LogP contribution in [0.2, 0.25) is 0 Å². The average molecular weight is 253 g/mol. The summed E-state index contributed by atoms with van der Waals surface area (Å²) in [6.45, 7) is 13.3. The average Bonchev–Trinajstić information content (AvgIpc) is 2.37. The third-order valence-electron chi connectivity index (χ3n) is 5.15. The maximum Gasteiger partial charge on any atom is 0.0170 e. The quantitative estimate of drug-likeness (QED) is 0.827. The molecule has 2 aliphatic rings. The lowest BCUT2D eigenvalue weighted by molar-refractivity contribution is 0.0238. The highest BCUT2D eigenvalue weighted by Gasteiger charge is 2.37. The van der Waals surface area contributed by atoms with Crippen molar-refractivity contribution in [3.8, 4) is 0 Å². The first-order valence-corrected chi connectivity index (χ1v) is 7.69. The summed E-state index contributed by atoms with van der Waals surface area (Å²) in [4.78, 5) is 5.28. The molecule has 3 heteroatoms. The lowest BCUT2D eigenvalue weighted by Gasteiger charge is -2.48. The Kier molecular flexibility index (Phi) is 4.68. The van der Waals surface area contributed by atoms with Gasteiger partial charge in [0.1, 0.15) is 0 Å². The maximum absolute atomic E-state index is 3.54. The van der Waals surface area contributed by atoms with Gasteiger partial charge in [0.05, 0.1) is 0 Å². The molecule has 2 fully saturated rings. The molecule has 2 aliphatic heterocycles. The van der Waals surface area contributed by atoms with E-state index in [-0.39, 0.29) is 0 Å². The SMILES string of the molecule is CCN1CCC(N(C)C2CCNCC2(C)C)CC1. The van der Waals surface area contributed by atoms with Gasteiger partial charge in [-0.2, -0.15) is 0 Å². The smallest absolute Gasteiger partial charge is 0.0170 e. The largest absolute Gasteiger partial charge is 0.316 e. The summed E-state index contributed by atoms with van der Waals surface area (Å²) in [6, 6.07) is 1.55. The van der Waals surface area contributed by atoms with Crippen LogP contribution in [0.4, 0.5) is 0 Å². The predicted octanol–water partition coefficient (Wildman–Crippen LogP) is 1.79. The van der Waals surface area contributed by atoms with Crippen molar-refractivity contribution in [3.05, 3.63) is 0 Å². The zero-order chi connectivity index (χ0) is 13.2. The van der Waals surface area contributed by atoms with E-state index < -0.39 is 0 Å². The summed E-state index contributed by atoms with van der Waals surface area (Å²) in [5, 5.41) is 3.54. The van der Waals surface area contributed by atoms with Crippen molar-refractivity contribution in [3.63, 3.8) is 0 Å². The van der Waals surface area contributed by atoms with Crippen LogP contribution in [0.15, 0.2) is 0 Å². The number of rotatable bonds is 3. The Morgan fingerprint density at radius 1 is 1.22 bits per heavy atom. The first-order chi connectivity index (χ1) is 8.54. The third kappa shape index (κ3) is 3.06. The van der Waals surface area contributed by atoms with Crippen LogP contribution >= 0.6 is 0 Å². The van der Waals surface area contributed by atoms with E-state index in [0.29, 0.717) is 5.41 Å². The molecule has 3 nitrogen and oxygen atoms in total. The van der Waals surface area contributed by atoms with Gasteiger partial charge in [0.15, 0.2) is 0 Å². The van der Waals surface area contributed by atoms with Gasteiger partial charge >= 0.3 is 0 Å². The van der Waals surface area contributed by atoms with E-state index in [1.807, 2.05) is 0 Å². The minimum atomic E-state index is 0.412. The molecule has 0 spiro atoms.